The van der Waals surface area contributed by atoms with Crippen LogP contribution in [0.4, 0.5) is 0 Å². The highest BCUT2D eigenvalue weighted by Gasteiger charge is 2.18. The van der Waals surface area contributed by atoms with E-state index in [4.69, 9.17) is 0 Å². The third-order valence-electron chi connectivity index (χ3n) is 2.13. The van der Waals surface area contributed by atoms with Gasteiger partial charge in [0, 0.05) is 11.5 Å². The smallest absolute Gasteiger partial charge is 0.216 e. The van der Waals surface area contributed by atoms with Crippen LogP contribution < -0.4 is 0 Å². The van der Waals surface area contributed by atoms with E-state index in [0.29, 0.717) is 5.56 Å². The van der Waals surface area contributed by atoms with Gasteiger partial charge in [0.15, 0.2) is 0 Å². The topological polar surface area (TPSA) is 17.1 Å². The quantitative estimate of drug-likeness (QED) is 0.727. The van der Waals surface area contributed by atoms with Gasteiger partial charge >= 0.3 is 0 Å². The molecule has 0 heterocycles. The molecule has 1 fully saturated rings. The Morgan fingerprint density at radius 3 is 2.07 bits per heavy atom. The van der Waals surface area contributed by atoms with Gasteiger partial charge in [-0.2, -0.15) is 0 Å². The largest absolute Gasteiger partial charge is 0.282 e. The van der Waals surface area contributed by atoms with Gasteiger partial charge in [0.2, 0.25) is 5.12 Å². The fraction of sp³-hybridized carbons (Fsp3) is 0. The number of carbonyl (C=O) groups is 1. The summed E-state index contributed by atoms with van der Waals surface area (Å²) in [5, 5.41) is -0.195. The van der Waals surface area contributed by atoms with Crippen molar-refractivity contribution < 1.29 is 4.79 Å². The zero-order valence-electron chi connectivity index (χ0n) is 7.47. The Balaban J connectivity index is 2.16. The Hall–Kier alpha value is -0.760. The molecule has 69 valence electrons. The van der Waals surface area contributed by atoms with Crippen LogP contribution in [0, 0.1) is 31.6 Å². The highest BCUT2D eigenvalue weighted by atomic mass is 32.1. The lowest BCUT2D eigenvalue weighted by molar-refractivity contribution is 0.109. The van der Waals surface area contributed by atoms with Gasteiger partial charge in [0.05, 0.1) is 0 Å². The maximum Gasteiger partial charge on any atom is 0.216 e. The molecule has 0 N–H and O–H groups in total. The van der Waals surface area contributed by atoms with E-state index in [1.165, 1.54) is 5.92 Å². The van der Waals surface area contributed by atoms with Crippen molar-refractivity contribution in [2.24, 2.45) is 0 Å². The number of rotatable bonds is 2. The van der Waals surface area contributed by atoms with Gasteiger partial charge < -0.3 is 0 Å². The standard InChI is InChI=1S/C12H9OS/c13-12(14)11-7-5-10(6-8-11)9-3-1-2-4-9/h1-8H,(H,13,14). The maximum absolute atomic E-state index is 10.9. The van der Waals surface area contributed by atoms with Crippen LogP contribution >= 0.6 is 12.6 Å². The van der Waals surface area contributed by atoms with Crippen LogP contribution in [0.2, 0.25) is 0 Å². The van der Waals surface area contributed by atoms with Crippen molar-refractivity contribution in [3.8, 4) is 0 Å². The Bertz CT molecular complexity index is 323. The van der Waals surface area contributed by atoms with E-state index in [1.807, 2.05) is 37.8 Å². The van der Waals surface area contributed by atoms with Crippen molar-refractivity contribution >= 4 is 17.7 Å². The normalized spacial score (nSPS) is 17.2. The van der Waals surface area contributed by atoms with Gasteiger partial charge in [0.1, 0.15) is 0 Å². The molecule has 0 unspecified atom stereocenters. The van der Waals surface area contributed by atoms with E-state index in [-0.39, 0.29) is 5.12 Å². The van der Waals surface area contributed by atoms with Crippen molar-refractivity contribution in [1.29, 1.82) is 0 Å². The Kier molecular flexibility index (Phi) is 2.92. The molecule has 0 spiro atoms. The third kappa shape index (κ3) is 2.01. The van der Waals surface area contributed by atoms with Crippen LogP contribution in [0.15, 0.2) is 24.3 Å². The van der Waals surface area contributed by atoms with Crippen LogP contribution in [-0.4, -0.2) is 5.12 Å². The van der Waals surface area contributed by atoms with E-state index in [1.54, 1.807) is 12.1 Å². The fourth-order valence-corrected chi connectivity index (χ4v) is 1.52. The molecular formula is C12H9OS. The van der Waals surface area contributed by atoms with Crippen LogP contribution in [0.1, 0.15) is 15.9 Å². The van der Waals surface area contributed by atoms with Crippen LogP contribution in [0.5, 0.6) is 0 Å². The first kappa shape index (κ1) is 9.78. The highest BCUT2D eigenvalue weighted by molar-refractivity contribution is 7.97. The summed E-state index contributed by atoms with van der Waals surface area (Å²) in [5.74, 6) is 1.17. The summed E-state index contributed by atoms with van der Waals surface area (Å²) in [6.45, 7) is 0. The predicted octanol–water partition coefficient (Wildman–Crippen LogP) is 2.51. The Morgan fingerprint density at radius 2 is 1.57 bits per heavy atom. The lowest BCUT2D eigenvalue weighted by Gasteiger charge is -2.07. The first-order valence-corrected chi connectivity index (χ1v) is 4.77. The average molecular weight is 201 g/mol. The molecule has 0 aromatic heterocycles. The zero-order chi connectivity index (χ0) is 9.97. The van der Waals surface area contributed by atoms with Gasteiger partial charge in [-0.15, -0.1) is 12.6 Å². The predicted molar refractivity (Wildman–Crippen MR) is 59.3 cm³/mol. The number of hydrogen-bond acceptors (Lipinski definition) is 1. The molecule has 2 rings (SSSR count). The second kappa shape index (κ2) is 4.18. The first-order chi connectivity index (χ1) is 6.77. The van der Waals surface area contributed by atoms with Crippen molar-refractivity contribution in [2.75, 3.05) is 0 Å². The molecule has 0 atom stereocenters. The maximum atomic E-state index is 10.9. The van der Waals surface area contributed by atoms with Crippen molar-refractivity contribution in [3.63, 3.8) is 0 Å². The molecule has 1 aliphatic carbocycles. The molecule has 1 aliphatic rings. The van der Waals surface area contributed by atoms with Gasteiger partial charge in [-0.1, -0.05) is 24.3 Å². The number of benzene rings is 1. The SMILES string of the molecule is O=C(S)c1ccc([C]2[CH][CH][CH][CH]2)cc1. The summed E-state index contributed by atoms with van der Waals surface area (Å²) < 4.78 is 0. The summed E-state index contributed by atoms with van der Waals surface area (Å²) in [7, 11) is 0. The average Bonchev–Trinajstić information content (AvgIpc) is 2.71. The summed E-state index contributed by atoms with van der Waals surface area (Å²) in [6.07, 6.45) is 8.06. The highest BCUT2D eigenvalue weighted by Crippen LogP contribution is 2.29. The van der Waals surface area contributed by atoms with E-state index < -0.39 is 0 Å². The molecule has 5 radical (unpaired) electrons. The molecule has 1 aromatic rings. The number of hydrogen-bond donors (Lipinski definition) is 1. The van der Waals surface area contributed by atoms with E-state index in [9.17, 15) is 4.79 Å². The molecule has 0 bridgehead atoms. The Morgan fingerprint density at radius 1 is 1.00 bits per heavy atom. The molecular weight excluding hydrogens is 192 g/mol. The summed E-state index contributed by atoms with van der Waals surface area (Å²) >= 11 is 3.76. The molecule has 0 amide bonds. The minimum Gasteiger partial charge on any atom is -0.282 e. The van der Waals surface area contributed by atoms with E-state index >= 15 is 0 Å². The number of thiol groups is 1. The third-order valence-corrected chi connectivity index (χ3v) is 2.39. The summed E-state index contributed by atoms with van der Waals surface area (Å²) in [6, 6.07) is 7.44. The lowest BCUT2D eigenvalue weighted by atomic mass is 9.97. The summed E-state index contributed by atoms with van der Waals surface area (Å²) in [4.78, 5) is 10.9. The second-order valence-corrected chi connectivity index (χ2v) is 3.46. The first-order valence-electron chi connectivity index (χ1n) is 4.33. The van der Waals surface area contributed by atoms with E-state index in [0.717, 1.165) is 5.56 Å². The van der Waals surface area contributed by atoms with Gasteiger partial charge in [-0.05, 0) is 31.2 Å². The van der Waals surface area contributed by atoms with E-state index in [2.05, 4.69) is 12.6 Å². The van der Waals surface area contributed by atoms with Gasteiger partial charge in [0.25, 0.3) is 0 Å². The molecule has 2 heteroatoms. The number of carbonyl (C=O) groups excluding carboxylic acids is 1. The second-order valence-electron chi connectivity index (χ2n) is 3.06. The zero-order valence-corrected chi connectivity index (χ0v) is 8.37. The van der Waals surface area contributed by atoms with Crippen molar-refractivity contribution in [1.82, 2.24) is 0 Å². The van der Waals surface area contributed by atoms with Gasteiger partial charge in [-0.25, -0.2) is 0 Å². The Labute approximate surface area is 89.9 Å². The fourth-order valence-electron chi connectivity index (χ4n) is 1.37. The molecule has 1 saturated carbocycles. The lowest BCUT2D eigenvalue weighted by Crippen LogP contribution is -1.96. The van der Waals surface area contributed by atoms with Crippen molar-refractivity contribution in [3.05, 3.63) is 67.0 Å². The molecule has 0 saturated heterocycles. The van der Waals surface area contributed by atoms with Crippen LogP contribution in [-0.2, 0) is 0 Å². The minimum absolute atomic E-state index is 0.195. The molecule has 0 aliphatic heterocycles. The van der Waals surface area contributed by atoms with Crippen LogP contribution in [0.3, 0.4) is 0 Å². The molecule has 1 aromatic carbocycles. The van der Waals surface area contributed by atoms with Crippen molar-refractivity contribution in [2.45, 2.75) is 0 Å². The monoisotopic (exact) mass is 201 g/mol. The minimum atomic E-state index is -0.195. The van der Waals surface area contributed by atoms with Crippen LogP contribution in [0.25, 0.3) is 0 Å². The summed E-state index contributed by atoms with van der Waals surface area (Å²) in [5.41, 5.74) is 1.75. The molecule has 1 nitrogen and oxygen atoms in total. The molecule has 14 heavy (non-hydrogen) atoms. The van der Waals surface area contributed by atoms with Gasteiger partial charge in [-0.3, -0.25) is 4.79 Å².